The van der Waals surface area contributed by atoms with Gasteiger partial charge in [-0.1, -0.05) is 35.3 Å². The molecule has 1 atom stereocenters. The van der Waals surface area contributed by atoms with E-state index in [0.717, 1.165) is 0 Å². The minimum atomic E-state index is -0.593. The summed E-state index contributed by atoms with van der Waals surface area (Å²) in [6, 6.07) is 8.66. The number of benzene rings is 2. The van der Waals surface area contributed by atoms with E-state index in [4.69, 9.17) is 23.2 Å². The average Bonchev–Trinajstić information content (AvgIpc) is 2.70. The quantitative estimate of drug-likeness (QED) is 0.397. The molecule has 1 N–H and O–H groups in total. The second-order valence-corrected chi connectivity index (χ2v) is 7.84. The summed E-state index contributed by atoms with van der Waals surface area (Å²) in [5.41, 5.74) is 1.08. The standard InChI is InChI=1S/C20H20Cl2FN3O3/c1-12(14-10-17(23)16(22)11-15(14)21)24-20(27)13-6-8-25(9-7-13)18-4-2-3-5-19(18)26(28)29/h2-5,10-13H,6-9H2,1H3,(H,24,27). The number of nitrogens with one attached hydrogen (secondary N) is 1. The van der Waals surface area contributed by atoms with Gasteiger partial charge in [-0.25, -0.2) is 4.39 Å². The second-order valence-electron chi connectivity index (χ2n) is 7.03. The largest absolute Gasteiger partial charge is 0.366 e. The molecule has 1 aliphatic heterocycles. The third kappa shape index (κ3) is 4.79. The number of hydrogen-bond donors (Lipinski definition) is 1. The van der Waals surface area contributed by atoms with Gasteiger partial charge in [0.2, 0.25) is 5.91 Å². The highest BCUT2D eigenvalue weighted by molar-refractivity contribution is 6.35. The molecule has 0 radical (unpaired) electrons. The van der Waals surface area contributed by atoms with Crippen LogP contribution in [0.15, 0.2) is 36.4 Å². The highest BCUT2D eigenvalue weighted by Gasteiger charge is 2.29. The Kier molecular flexibility index (Phi) is 6.59. The first kappa shape index (κ1) is 21.3. The molecule has 9 heteroatoms. The van der Waals surface area contributed by atoms with Crippen LogP contribution < -0.4 is 10.2 Å². The zero-order valence-electron chi connectivity index (χ0n) is 15.7. The number of nitro benzene ring substituents is 1. The lowest BCUT2D eigenvalue weighted by Crippen LogP contribution is -2.41. The second kappa shape index (κ2) is 8.97. The fraction of sp³-hybridized carbons (Fsp3) is 0.350. The molecule has 1 amide bonds. The van der Waals surface area contributed by atoms with Gasteiger partial charge in [0.25, 0.3) is 5.69 Å². The van der Waals surface area contributed by atoms with Gasteiger partial charge in [-0.15, -0.1) is 0 Å². The number of rotatable bonds is 5. The Hall–Kier alpha value is -2.38. The molecule has 0 spiro atoms. The smallest absolute Gasteiger partial charge is 0.292 e. The molecule has 0 saturated carbocycles. The number of carbonyl (C=O) groups excluding carboxylic acids is 1. The van der Waals surface area contributed by atoms with Gasteiger partial charge < -0.3 is 10.2 Å². The number of nitro groups is 1. The van der Waals surface area contributed by atoms with Gasteiger partial charge >= 0.3 is 0 Å². The Morgan fingerprint density at radius 3 is 2.55 bits per heavy atom. The van der Waals surface area contributed by atoms with E-state index in [1.165, 1.54) is 18.2 Å². The summed E-state index contributed by atoms with van der Waals surface area (Å²) in [6.45, 7) is 2.80. The third-order valence-corrected chi connectivity index (χ3v) is 5.77. The van der Waals surface area contributed by atoms with E-state index < -0.39 is 16.8 Å². The molecule has 2 aromatic rings. The summed E-state index contributed by atoms with van der Waals surface area (Å²) in [5, 5.41) is 14.3. The lowest BCUT2D eigenvalue weighted by atomic mass is 9.94. The molecule has 1 unspecified atom stereocenters. The molecule has 0 bridgehead atoms. The number of halogens is 3. The molecule has 1 saturated heterocycles. The molecule has 0 aromatic heterocycles. The predicted octanol–water partition coefficient (Wildman–Crippen LogP) is 5.13. The van der Waals surface area contributed by atoms with E-state index in [2.05, 4.69) is 5.32 Å². The zero-order valence-corrected chi connectivity index (χ0v) is 17.2. The number of hydrogen-bond acceptors (Lipinski definition) is 4. The lowest BCUT2D eigenvalue weighted by molar-refractivity contribution is -0.384. The van der Waals surface area contributed by atoms with E-state index >= 15 is 0 Å². The van der Waals surface area contributed by atoms with Crippen molar-refractivity contribution in [3.63, 3.8) is 0 Å². The van der Waals surface area contributed by atoms with Crippen molar-refractivity contribution in [1.82, 2.24) is 5.32 Å². The fourth-order valence-corrected chi connectivity index (χ4v) is 4.09. The summed E-state index contributed by atoms with van der Waals surface area (Å²) in [6.07, 6.45) is 1.13. The van der Waals surface area contributed by atoms with Crippen LogP contribution in [0.5, 0.6) is 0 Å². The Labute approximate surface area is 177 Å². The number of para-hydroxylation sites is 2. The molecular formula is C20H20Cl2FN3O3. The minimum Gasteiger partial charge on any atom is -0.366 e. The van der Waals surface area contributed by atoms with Gasteiger partial charge in [0.1, 0.15) is 11.5 Å². The van der Waals surface area contributed by atoms with Crippen molar-refractivity contribution < 1.29 is 14.1 Å². The van der Waals surface area contributed by atoms with Crippen molar-refractivity contribution in [2.75, 3.05) is 18.0 Å². The van der Waals surface area contributed by atoms with Crippen molar-refractivity contribution in [1.29, 1.82) is 0 Å². The molecule has 1 heterocycles. The van der Waals surface area contributed by atoms with Gasteiger partial charge in [0, 0.05) is 30.1 Å². The molecule has 3 rings (SSSR count). The Morgan fingerprint density at radius 1 is 1.24 bits per heavy atom. The van der Waals surface area contributed by atoms with Crippen LogP contribution in [-0.4, -0.2) is 23.9 Å². The van der Waals surface area contributed by atoms with Crippen LogP contribution in [-0.2, 0) is 4.79 Å². The number of nitrogens with zero attached hydrogens (tertiary/aromatic N) is 2. The fourth-order valence-electron chi connectivity index (χ4n) is 3.55. The SMILES string of the molecule is CC(NC(=O)C1CCN(c2ccccc2[N+](=O)[O-])CC1)c1cc(F)c(Cl)cc1Cl. The predicted molar refractivity (Wildman–Crippen MR) is 111 cm³/mol. The molecule has 6 nitrogen and oxygen atoms in total. The Balaban J connectivity index is 1.62. The van der Waals surface area contributed by atoms with Crippen molar-refractivity contribution in [3.8, 4) is 0 Å². The van der Waals surface area contributed by atoms with Crippen LogP contribution in [0.25, 0.3) is 0 Å². The molecule has 29 heavy (non-hydrogen) atoms. The first-order valence-corrected chi connectivity index (χ1v) is 9.96. The Morgan fingerprint density at radius 2 is 1.90 bits per heavy atom. The van der Waals surface area contributed by atoms with Gasteiger partial charge in [-0.3, -0.25) is 14.9 Å². The van der Waals surface area contributed by atoms with Gasteiger partial charge in [0.05, 0.1) is 16.0 Å². The number of piperidine rings is 1. The normalized spacial score (nSPS) is 15.8. The van der Waals surface area contributed by atoms with Crippen LogP contribution in [0.4, 0.5) is 15.8 Å². The molecule has 2 aromatic carbocycles. The van der Waals surface area contributed by atoms with Crippen molar-refractivity contribution in [2.24, 2.45) is 5.92 Å². The van der Waals surface area contributed by atoms with Crippen molar-refractivity contribution >= 4 is 40.5 Å². The van der Waals surface area contributed by atoms with E-state index in [0.29, 0.717) is 37.2 Å². The van der Waals surface area contributed by atoms with Crippen molar-refractivity contribution in [3.05, 3.63) is 67.9 Å². The summed E-state index contributed by atoms with van der Waals surface area (Å²) in [7, 11) is 0. The summed E-state index contributed by atoms with van der Waals surface area (Å²) in [4.78, 5) is 25.4. The topological polar surface area (TPSA) is 75.5 Å². The number of amides is 1. The van der Waals surface area contributed by atoms with Crippen LogP contribution in [0.3, 0.4) is 0 Å². The van der Waals surface area contributed by atoms with E-state index in [1.54, 1.807) is 25.1 Å². The monoisotopic (exact) mass is 439 g/mol. The lowest BCUT2D eigenvalue weighted by Gasteiger charge is -2.33. The molecule has 1 fully saturated rings. The molecule has 154 valence electrons. The maximum Gasteiger partial charge on any atom is 0.292 e. The van der Waals surface area contributed by atoms with Gasteiger partial charge in [0.15, 0.2) is 0 Å². The summed E-state index contributed by atoms with van der Waals surface area (Å²) >= 11 is 11.8. The van der Waals surface area contributed by atoms with Crippen LogP contribution in [0, 0.1) is 21.8 Å². The first-order chi connectivity index (χ1) is 13.8. The first-order valence-electron chi connectivity index (χ1n) is 9.21. The van der Waals surface area contributed by atoms with Gasteiger partial charge in [-0.2, -0.15) is 0 Å². The van der Waals surface area contributed by atoms with E-state index in [9.17, 15) is 19.3 Å². The van der Waals surface area contributed by atoms with Crippen LogP contribution >= 0.6 is 23.2 Å². The summed E-state index contributed by atoms with van der Waals surface area (Å²) < 4.78 is 13.7. The molecular weight excluding hydrogens is 420 g/mol. The third-order valence-electron chi connectivity index (χ3n) is 5.15. The van der Waals surface area contributed by atoms with Crippen molar-refractivity contribution in [2.45, 2.75) is 25.8 Å². The highest BCUT2D eigenvalue weighted by Crippen LogP contribution is 2.32. The van der Waals surface area contributed by atoms with Crippen LogP contribution in [0.1, 0.15) is 31.4 Å². The van der Waals surface area contributed by atoms with Crippen LogP contribution in [0.2, 0.25) is 10.0 Å². The average molecular weight is 440 g/mol. The zero-order chi connectivity index (χ0) is 21.1. The minimum absolute atomic E-state index is 0.0587. The number of anilines is 1. The maximum atomic E-state index is 13.7. The van der Waals surface area contributed by atoms with E-state index in [1.807, 2.05) is 4.90 Å². The van der Waals surface area contributed by atoms with Gasteiger partial charge in [-0.05, 0) is 43.5 Å². The summed E-state index contributed by atoms with van der Waals surface area (Å²) in [5.74, 6) is -0.969. The Bertz CT molecular complexity index is 933. The highest BCUT2D eigenvalue weighted by atomic mass is 35.5. The molecule has 0 aliphatic carbocycles. The molecule has 1 aliphatic rings. The maximum absolute atomic E-state index is 13.7. The number of carbonyl (C=O) groups is 1. The van der Waals surface area contributed by atoms with E-state index in [-0.39, 0.29) is 27.6 Å².